The van der Waals surface area contributed by atoms with Gasteiger partial charge in [-0.05, 0) is 52.9 Å². The number of allylic oxidation sites excluding steroid dienone is 1. The molecule has 1 aliphatic heterocycles. The second kappa shape index (κ2) is 16.5. The lowest BCUT2D eigenvalue weighted by Gasteiger charge is -2.23. The molecule has 0 N–H and O–H groups in total. The number of para-hydroxylation sites is 2. The van der Waals surface area contributed by atoms with Gasteiger partial charge in [0.15, 0.2) is 11.2 Å². The smallest absolute Gasteiger partial charge is 0.319 e. The maximum absolute atomic E-state index is 12.3. The third-order valence-electron chi connectivity index (χ3n) is 8.14. The summed E-state index contributed by atoms with van der Waals surface area (Å²) in [6, 6.07) is 53.4. The number of hydrogen-bond donors (Lipinski definition) is 0. The van der Waals surface area contributed by atoms with Crippen LogP contribution in [0, 0.1) is 0 Å². The van der Waals surface area contributed by atoms with Crippen LogP contribution in [0.3, 0.4) is 0 Å². The number of esters is 1. The number of ketones is 1. The second-order valence-electron chi connectivity index (χ2n) is 11.5. The van der Waals surface area contributed by atoms with E-state index in [2.05, 4.69) is 0 Å². The summed E-state index contributed by atoms with van der Waals surface area (Å²) in [7, 11) is 0. The Labute approximate surface area is 290 Å². The predicted octanol–water partition coefficient (Wildman–Crippen LogP) is 9.97. The van der Waals surface area contributed by atoms with Crippen molar-refractivity contribution in [1.29, 1.82) is 0 Å². The van der Waals surface area contributed by atoms with Crippen molar-refractivity contribution in [2.45, 2.75) is 12.3 Å². The highest BCUT2D eigenvalue weighted by Crippen LogP contribution is 2.32. The highest BCUT2D eigenvalue weighted by Gasteiger charge is 2.29. The monoisotopic (exact) mass is 654 g/mol. The van der Waals surface area contributed by atoms with Crippen LogP contribution >= 0.6 is 0 Å². The zero-order valence-corrected chi connectivity index (χ0v) is 27.2. The molecule has 2 heterocycles. The third-order valence-corrected chi connectivity index (χ3v) is 8.14. The van der Waals surface area contributed by atoms with E-state index in [1.165, 1.54) is 6.26 Å². The molecule has 1 aliphatic rings. The van der Waals surface area contributed by atoms with Crippen LogP contribution in [0.25, 0.3) is 28.2 Å². The van der Waals surface area contributed by atoms with Crippen molar-refractivity contribution in [3.8, 4) is 16.9 Å². The van der Waals surface area contributed by atoms with E-state index < -0.39 is 0 Å². The van der Waals surface area contributed by atoms with Gasteiger partial charge in [0, 0.05) is 5.56 Å². The van der Waals surface area contributed by atoms with Gasteiger partial charge in [-0.3, -0.25) is 14.4 Å². The minimum Gasteiger partial charge on any atom is -0.463 e. The molecule has 0 bridgehead atoms. The SMILES string of the molecule is O=C(C=Cc1ccccc1)c1ccccc1.O=C1Oc2ccccc2CC1c1ccccc1.O=c1c(-c2ccccc2)coc2ccccc12. The molecule has 0 spiro atoms. The van der Waals surface area contributed by atoms with Crippen molar-refractivity contribution < 1.29 is 18.7 Å². The molecule has 0 saturated heterocycles. The fourth-order valence-corrected chi connectivity index (χ4v) is 5.52. The Hall–Kier alpha value is -6.59. The lowest BCUT2D eigenvalue weighted by molar-refractivity contribution is -0.137. The number of carbonyl (C=O) groups is 2. The summed E-state index contributed by atoms with van der Waals surface area (Å²) in [4.78, 5) is 35.9. The van der Waals surface area contributed by atoms with Crippen LogP contribution in [-0.2, 0) is 11.2 Å². The fourth-order valence-electron chi connectivity index (χ4n) is 5.52. The molecule has 1 unspecified atom stereocenters. The molecule has 5 heteroatoms. The van der Waals surface area contributed by atoms with E-state index in [1.54, 1.807) is 18.2 Å². The van der Waals surface area contributed by atoms with Crippen molar-refractivity contribution >= 4 is 28.8 Å². The highest BCUT2D eigenvalue weighted by atomic mass is 16.5. The minimum absolute atomic E-state index is 0.0121. The first-order valence-corrected chi connectivity index (χ1v) is 16.3. The van der Waals surface area contributed by atoms with E-state index in [0.717, 1.165) is 34.2 Å². The molecule has 0 amide bonds. The molecule has 5 nitrogen and oxygen atoms in total. The van der Waals surface area contributed by atoms with Crippen molar-refractivity contribution in [3.63, 3.8) is 0 Å². The van der Waals surface area contributed by atoms with E-state index in [4.69, 9.17) is 9.15 Å². The zero-order valence-electron chi connectivity index (χ0n) is 27.2. The average molecular weight is 655 g/mol. The summed E-state index contributed by atoms with van der Waals surface area (Å²) in [6.45, 7) is 0. The maximum atomic E-state index is 12.3. The van der Waals surface area contributed by atoms with E-state index in [0.29, 0.717) is 22.3 Å². The van der Waals surface area contributed by atoms with E-state index in [-0.39, 0.29) is 23.1 Å². The van der Waals surface area contributed by atoms with Crippen molar-refractivity contribution in [2.75, 3.05) is 0 Å². The Kier molecular flexibility index (Phi) is 11.0. The van der Waals surface area contributed by atoms with Gasteiger partial charge >= 0.3 is 5.97 Å². The number of ether oxygens (including phenoxy) is 1. The number of rotatable bonds is 5. The van der Waals surface area contributed by atoms with Gasteiger partial charge in [0.2, 0.25) is 0 Å². The molecule has 50 heavy (non-hydrogen) atoms. The molecule has 0 aliphatic carbocycles. The van der Waals surface area contributed by atoms with E-state index in [1.807, 2.05) is 164 Å². The average Bonchev–Trinajstić information content (AvgIpc) is 3.19. The highest BCUT2D eigenvalue weighted by molar-refractivity contribution is 6.06. The van der Waals surface area contributed by atoms with Crippen LogP contribution in [0.1, 0.15) is 33.0 Å². The molecule has 1 atom stereocenters. The summed E-state index contributed by atoms with van der Waals surface area (Å²) in [6.07, 6.45) is 5.68. The molecular weight excluding hydrogens is 620 g/mol. The minimum atomic E-state index is -0.175. The Bertz CT molecular complexity index is 2260. The van der Waals surface area contributed by atoms with Crippen LogP contribution in [0.4, 0.5) is 0 Å². The fraction of sp³-hybridized carbons (Fsp3) is 0.0444. The van der Waals surface area contributed by atoms with Crippen molar-refractivity contribution in [2.24, 2.45) is 0 Å². The van der Waals surface area contributed by atoms with Gasteiger partial charge in [-0.2, -0.15) is 0 Å². The summed E-state index contributed by atoms with van der Waals surface area (Å²) >= 11 is 0. The molecule has 0 radical (unpaired) electrons. The van der Waals surface area contributed by atoms with Crippen LogP contribution in [0.5, 0.6) is 5.75 Å². The van der Waals surface area contributed by atoms with Gasteiger partial charge < -0.3 is 9.15 Å². The quantitative estimate of drug-likeness (QED) is 0.0800. The summed E-state index contributed by atoms with van der Waals surface area (Å²) < 4.78 is 10.8. The topological polar surface area (TPSA) is 73.6 Å². The van der Waals surface area contributed by atoms with Crippen LogP contribution < -0.4 is 10.2 Å². The predicted molar refractivity (Wildman–Crippen MR) is 199 cm³/mol. The molecular formula is C45H34O5. The standard InChI is InChI=1S/C15H10O2.C15H12O2.C15H12O/c16-15-12-8-4-5-9-14(12)17-10-13(15)11-6-2-1-3-7-11;16-15-13(11-6-2-1-3-7-11)10-12-8-4-5-9-14(12)17-15;16-15(14-9-5-2-6-10-14)12-11-13-7-3-1-4-8-13/h1-10H;1-9,13H,10H2;1-12H. The second-order valence-corrected chi connectivity index (χ2v) is 11.5. The largest absolute Gasteiger partial charge is 0.463 e. The Morgan fingerprint density at radius 1 is 0.620 bits per heavy atom. The van der Waals surface area contributed by atoms with Gasteiger partial charge in [-0.1, -0.05) is 158 Å². The number of fused-ring (bicyclic) bond motifs is 2. The van der Waals surface area contributed by atoms with Crippen LogP contribution in [0.2, 0.25) is 0 Å². The first kappa shape index (κ1) is 33.3. The lowest BCUT2D eigenvalue weighted by atomic mass is 9.90. The van der Waals surface area contributed by atoms with Crippen molar-refractivity contribution in [1.82, 2.24) is 0 Å². The first-order chi connectivity index (χ1) is 24.6. The van der Waals surface area contributed by atoms with Gasteiger partial charge in [-0.15, -0.1) is 0 Å². The molecule has 0 fully saturated rings. The van der Waals surface area contributed by atoms with E-state index >= 15 is 0 Å². The molecule has 244 valence electrons. The molecule has 6 aromatic carbocycles. The third kappa shape index (κ3) is 8.46. The van der Waals surface area contributed by atoms with Gasteiger partial charge in [-0.25, -0.2) is 0 Å². The summed E-state index contributed by atoms with van der Waals surface area (Å²) in [5, 5.41) is 0.619. The Balaban J connectivity index is 0.000000130. The summed E-state index contributed by atoms with van der Waals surface area (Å²) in [5.74, 6) is 0.398. The first-order valence-electron chi connectivity index (χ1n) is 16.3. The Morgan fingerprint density at radius 3 is 1.92 bits per heavy atom. The zero-order chi connectivity index (χ0) is 34.5. The maximum Gasteiger partial charge on any atom is 0.319 e. The molecule has 1 aromatic heterocycles. The van der Waals surface area contributed by atoms with Gasteiger partial charge in [0.1, 0.15) is 17.6 Å². The molecule has 8 rings (SSSR count). The lowest BCUT2D eigenvalue weighted by Crippen LogP contribution is -2.25. The van der Waals surface area contributed by atoms with Gasteiger partial charge in [0.25, 0.3) is 0 Å². The molecule has 0 saturated carbocycles. The van der Waals surface area contributed by atoms with Crippen LogP contribution in [0.15, 0.2) is 191 Å². The number of carbonyl (C=O) groups excluding carboxylic acids is 2. The number of hydrogen-bond acceptors (Lipinski definition) is 5. The Morgan fingerprint density at radius 2 is 1.20 bits per heavy atom. The van der Waals surface area contributed by atoms with Crippen LogP contribution in [-0.4, -0.2) is 11.8 Å². The summed E-state index contributed by atoms with van der Waals surface area (Å²) in [5.41, 5.74) is 5.99. The van der Waals surface area contributed by atoms with Crippen molar-refractivity contribution in [3.05, 3.63) is 215 Å². The van der Waals surface area contributed by atoms with Gasteiger partial charge in [0.05, 0.1) is 16.9 Å². The molecule has 7 aromatic rings. The van der Waals surface area contributed by atoms with E-state index in [9.17, 15) is 14.4 Å². The number of benzene rings is 6. The normalized spacial score (nSPS) is 13.2.